The van der Waals surface area contributed by atoms with E-state index in [1.807, 2.05) is 0 Å². The molecule has 1 rings (SSSR count). The number of hydrogen-bond acceptors (Lipinski definition) is 2. The van der Waals surface area contributed by atoms with E-state index in [0.717, 1.165) is 6.42 Å². The molecule has 1 aliphatic rings. The second-order valence-corrected chi connectivity index (χ2v) is 1.47. The molecule has 0 aromatic rings. The Kier molecular flexibility index (Phi) is 1.51. The first-order valence-corrected chi connectivity index (χ1v) is 2.46. The molecule has 42 valence electrons. The third kappa shape index (κ3) is 1.26. The van der Waals surface area contributed by atoms with Crippen molar-refractivity contribution in [3.63, 3.8) is 0 Å². The molecule has 1 heterocycles. The average Bonchev–Trinajstić information content (AvgIpc) is 1.94. The summed E-state index contributed by atoms with van der Waals surface area (Å²) in [5.74, 6) is -0.248. The van der Waals surface area contributed by atoms with Crippen molar-refractivity contribution < 1.29 is 4.79 Å². The van der Waals surface area contributed by atoms with E-state index >= 15 is 0 Å². The minimum Gasteiger partial charge on any atom is -0.287 e. The molecule has 8 heavy (non-hydrogen) atoms. The van der Waals surface area contributed by atoms with E-state index in [9.17, 15) is 4.79 Å². The van der Waals surface area contributed by atoms with Crippen molar-refractivity contribution >= 4 is 18.3 Å². The molecule has 0 aliphatic carbocycles. The highest BCUT2D eigenvalue weighted by atomic mass is 16.1. The summed E-state index contributed by atoms with van der Waals surface area (Å²) in [5.41, 5.74) is 0. The lowest BCUT2D eigenvalue weighted by Crippen LogP contribution is -1.90. The molecular weight excluding hydrogens is 104 g/mol. The normalized spacial score (nSPS) is 18.8. The predicted octanol–water partition coefficient (Wildman–Crippen LogP) is 0.0583. The first-order chi connectivity index (χ1) is 3.89. The molecule has 0 bridgehead atoms. The molecule has 0 aromatic carbocycles. The Bertz CT molecular complexity index is 133. The Labute approximate surface area is 47.1 Å². The minimum atomic E-state index is -0.248. The molecule has 3 heteroatoms. The fourth-order valence-electron chi connectivity index (χ4n) is 0.463. The van der Waals surface area contributed by atoms with Crippen LogP contribution in [0.2, 0.25) is 0 Å². The average molecular weight is 110 g/mol. The quantitative estimate of drug-likeness (QED) is 0.434. The Hall–Kier alpha value is -0.990. The molecule has 0 saturated heterocycles. The maximum atomic E-state index is 10.3. The summed E-state index contributed by atoms with van der Waals surface area (Å²) < 4.78 is 0. The van der Waals surface area contributed by atoms with Crippen LogP contribution in [0.1, 0.15) is 6.42 Å². The third-order valence-electron chi connectivity index (χ3n) is 0.808. The van der Waals surface area contributed by atoms with Crippen molar-refractivity contribution in [2.24, 2.45) is 9.98 Å². The number of amides is 1. The number of rotatable bonds is 0. The van der Waals surface area contributed by atoms with Crippen LogP contribution >= 0.6 is 0 Å². The van der Waals surface area contributed by atoms with Gasteiger partial charge < -0.3 is 0 Å². The van der Waals surface area contributed by atoms with E-state index in [1.54, 1.807) is 6.21 Å². The second kappa shape index (κ2) is 2.35. The SMILES string of the molecule is O=C1C=NCCC=N1. The van der Waals surface area contributed by atoms with Crippen LogP contribution in [0.5, 0.6) is 0 Å². The lowest BCUT2D eigenvalue weighted by atomic mass is 10.5. The van der Waals surface area contributed by atoms with Gasteiger partial charge in [-0.1, -0.05) is 0 Å². The van der Waals surface area contributed by atoms with Crippen molar-refractivity contribution in [3.05, 3.63) is 0 Å². The summed E-state index contributed by atoms with van der Waals surface area (Å²) in [7, 11) is 0. The molecule has 0 unspecified atom stereocenters. The van der Waals surface area contributed by atoms with Gasteiger partial charge in [-0.15, -0.1) is 0 Å². The summed E-state index contributed by atoms with van der Waals surface area (Å²) in [5, 5.41) is 0. The zero-order valence-corrected chi connectivity index (χ0v) is 4.37. The van der Waals surface area contributed by atoms with Crippen LogP contribution in [0.3, 0.4) is 0 Å². The van der Waals surface area contributed by atoms with Crippen molar-refractivity contribution in [2.45, 2.75) is 6.42 Å². The van der Waals surface area contributed by atoms with Crippen molar-refractivity contribution in [1.82, 2.24) is 0 Å². The number of carbonyl (C=O) groups is 1. The standard InChI is InChI=1S/C5H6N2O/c8-5-4-6-2-1-3-7-5/h3-4H,1-2H2. The molecule has 0 aromatic heterocycles. The summed E-state index contributed by atoms with van der Waals surface area (Å²) >= 11 is 0. The van der Waals surface area contributed by atoms with Crippen LogP contribution in [0.4, 0.5) is 0 Å². The Balaban J connectivity index is 2.64. The van der Waals surface area contributed by atoms with Crippen molar-refractivity contribution in [1.29, 1.82) is 0 Å². The summed E-state index contributed by atoms with van der Waals surface area (Å²) in [6, 6.07) is 0. The number of carbonyl (C=O) groups excluding carboxylic acids is 1. The zero-order chi connectivity index (χ0) is 5.82. The fourth-order valence-corrected chi connectivity index (χ4v) is 0.463. The Morgan fingerprint density at radius 3 is 3.38 bits per heavy atom. The first-order valence-electron chi connectivity index (χ1n) is 2.46. The molecular formula is C5H6N2O. The predicted molar refractivity (Wildman–Crippen MR) is 31.5 cm³/mol. The van der Waals surface area contributed by atoms with E-state index in [2.05, 4.69) is 9.98 Å². The van der Waals surface area contributed by atoms with Gasteiger partial charge in [0.2, 0.25) is 0 Å². The minimum absolute atomic E-state index is 0.248. The second-order valence-electron chi connectivity index (χ2n) is 1.47. The molecule has 0 saturated carbocycles. The van der Waals surface area contributed by atoms with Crippen LogP contribution in [0.15, 0.2) is 9.98 Å². The van der Waals surface area contributed by atoms with Gasteiger partial charge in [0.15, 0.2) is 0 Å². The smallest absolute Gasteiger partial charge is 0.287 e. The highest BCUT2D eigenvalue weighted by molar-refractivity contribution is 6.28. The maximum Gasteiger partial charge on any atom is 0.287 e. The molecule has 0 N–H and O–H groups in total. The number of aliphatic imine (C=N–C) groups is 2. The Morgan fingerprint density at radius 1 is 1.62 bits per heavy atom. The molecule has 1 amide bonds. The Morgan fingerprint density at radius 2 is 2.50 bits per heavy atom. The van der Waals surface area contributed by atoms with Gasteiger partial charge in [0, 0.05) is 19.2 Å². The van der Waals surface area contributed by atoms with E-state index in [0.29, 0.717) is 6.54 Å². The van der Waals surface area contributed by atoms with Crippen molar-refractivity contribution in [3.8, 4) is 0 Å². The summed E-state index contributed by atoms with van der Waals surface area (Å²) in [6.45, 7) is 0.690. The van der Waals surface area contributed by atoms with E-state index in [1.165, 1.54) is 6.21 Å². The van der Waals surface area contributed by atoms with Gasteiger partial charge in [0.05, 0.1) is 6.21 Å². The maximum absolute atomic E-state index is 10.3. The zero-order valence-electron chi connectivity index (χ0n) is 4.37. The van der Waals surface area contributed by atoms with E-state index in [-0.39, 0.29) is 5.91 Å². The molecule has 0 radical (unpaired) electrons. The van der Waals surface area contributed by atoms with Crippen LogP contribution < -0.4 is 0 Å². The molecule has 1 aliphatic heterocycles. The number of nitrogens with zero attached hydrogens (tertiary/aromatic N) is 2. The first kappa shape index (κ1) is 5.15. The highest BCUT2D eigenvalue weighted by Gasteiger charge is 1.92. The molecule has 0 atom stereocenters. The van der Waals surface area contributed by atoms with Crippen molar-refractivity contribution in [2.75, 3.05) is 6.54 Å². The van der Waals surface area contributed by atoms with Gasteiger partial charge in [-0.25, -0.2) is 4.99 Å². The van der Waals surface area contributed by atoms with Gasteiger partial charge in [-0.2, -0.15) is 0 Å². The van der Waals surface area contributed by atoms with Gasteiger partial charge in [0.1, 0.15) is 0 Å². The van der Waals surface area contributed by atoms with Gasteiger partial charge in [0.25, 0.3) is 5.91 Å². The number of hydrogen-bond donors (Lipinski definition) is 0. The topological polar surface area (TPSA) is 41.8 Å². The summed E-state index contributed by atoms with van der Waals surface area (Å²) in [4.78, 5) is 17.6. The van der Waals surface area contributed by atoms with Crippen LogP contribution in [-0.4, -0.2) is 24.9 Å². The van der Waals surface area contributed by atoms with Gasteiger partial charge in [-0.05, 0) is 0 Å². The van der Waals surface area contributed by atoms with E-state index < -0.39 is 0 Å². The summed E-state index contributed by atoms with van der Waals surface area (Å²) in [6.07, 6.45) is 3.63. The highest BCUT2D eigenvalue weighted by Crippen LogP contribution is 1.82. The van der Waals surface area contributed by atoms with Gasteiger partial charge in [-0.3, -0.25) is 9.79 Å². The largest absolute Gasteiger partial charge is 0.287 e. The molecule has 3 nitrogen and oxygen atoms in total. The lowest BCUT2D eigenvalue weighted by molar-refractivity contribution is -0.111. The van der Waals surface area contributed by atoms with E-state index in [4.69, 9.17) is 0 Å². The van der Waals surface area contributed by atoms with Crippen LogP contribution in [-0.2, 0) is 4.79 Å². The third-order valence-corrected chi connectivity index (χ3v) is 0.808. The van der Waals surface area contributed by atoms with Crippen LogP contribution in [0.25, 0.3) is 0 Å². The monoisotopic (exact) mass is 110 g/mol. The lowest BCUT2D eigenvalue weighted by Gasteiger charge is -1.75. The van der Waals surface area contributed by atoms with Crippen LogP contribution in [0, 0.1) is 0 Å². The molecule has 0 spiro atoms. The molecule has 0 fully saturated rings. The fraction of sp³-hybridized carbons (Fsp3) is 0.400. The van der Waals surface area contributed by atoms with Gasteiger partial charge >= 0.3 is 0 Å².